The first-order chi connectivity index (χ1) is 6.84. The fourth-order valence-corrected chi connectivity index (χ4v) is 1.04. The van der Waals surface area contributed by atoms with Crippen LogP contribution in [0, 0.1) is 6.92 Å². The molecule has 2 heterocycles. The van der Waals surface area contributed by atoms with Gasteiger partial charge in [0.2, 0.25) is 0 Å². The third kappa shape index (κ3) is 2.03. The van der Waals surface area contributed by atoms with Crippen LogP contribution in [0.3, 0.4) is 0 Å². The van der Waals surface area contributed by atoms with E-state index in [0.717, 1.165) is 17.3 Å². The predicted molar refractivity (Wildman–Crippen MR) is 50.5 cm³/mol. The Bertz CT molecular complexity index is 396. The smallest absolute Gasteiger partial charge is 0.143 e. The Morgan fingerprint density at radius 1 is 1.29 bits per heavy atom. The minimum Gasteiger partial charge on any atom is -0.363 e. The Morgan fingerprint density at radius 3 is 2.93 bits per heavy atom. The van der Waals surface area contributed by atoms with E-state index in [2.05, 4.69) is 30.5 Å². The number of aryl methyl sites for hydroxylation is 1. The zero-order valence-electron chi connectivity index (χ0n) is 7.73. The molecule has 6 nitrogen and oxygen atoms in total. The normalized spacial score (nSPS) is 10.1. The summed E-state index contributed by atoms with van der Waals surface area (Å²) in [6.07, 6.45) is 3.00. The highest BCUT2D eigenvalue weighted by Gasteiger charge is 1.97. The summed E-state index contributed by atoms with van der Waals surface area (Å²) in [5.41, 5.74) is 0.931. The largest absolute Gasteiger partial charge is 0.363 e. The van der Waals surface area contributed by atoms with Crippen LogP contribution in [0.15, 0.2) is 18.7 Å². The average Bonchev–Trinajstić information content (AvgIpc) is 2.67. The van der Waals surface area contributed by atoms with Crippen molar-refractivity contribution in [2.75, 3.05) is 5.32 Å². The molecule has 72 valence electrons. The second-order valence-corrected chi connectivity index (χ2v) is 2.83. The fourth-order valence-electron chi connectivity index (χ4n) is 1.04. The van der Waals surface area contributed by atoms with Gasteiger partial charge in [0.25, 0.3) is 0 Å². The fraction of sp³-hybridized carbons (Fsp3) is 0.250. The number of hydrogen-bond acceptors (Lipinski definition) is 5. The monoisotopic (exact) mass is 190 g/mol. The average molecular weight is 190 g/mol. The minimum absolute atomic E-state index is 0.580. The van der Waals surface area contributed by atoms with E-state index >= 15 is 0 Å². The van der Waals surface area contributed by atoms with Crippen LogP contribution in [-0.2, 0) is 6.54 Å². The number of H-pyrrole nitrogens is 1. The highest BCUT2D eigenvalue weighted by molar-refractivity contribution is 5.34. The first-order valence-corrected chi connectivity index (χ1v) is 4.21. The first kappa shape index (κ1) is 8.61. The Morgan fingerprint density at radius 2 is 2.21 bits per heavy atom. The quantitative estimate of drug-likeness (QED) is 0.737. The molecule has 2 N–H and O–H groups in total. The predicted octanol–water partition coefficient (Wildman–Crippen LogP) is 0.515. The summed E-state index contributed by atoms with van der Waals surface area (Å²) in [6.45, 7) is 2.50. The molecule has 0 fully saturated rings. The molecule has 0 saturated heterocycles. The standard InChI is InChI=1S/C8H10N6/c1-6-2-7(11-4-10-6)9-3-8-12-5-13-14-8/h2,4-5H,3H2,1H3,(H,9,10,11)(H,12,13,14). The van der Waals surface area contributed by atoms with Crippen molar-refractivity contribution in [1.82, 2.24) is 25.1 Å². The highest BCUT2D eigenvalue weighted by atomic mass is 15.2. The van der Waals surface area contributed by atoms with Crippen molar-refractivity contribution in [3.05, 3.63) is 30.2 Å². The maximum atomic E-state index is 4.05. The van der Waals surface area contributed by atoms with E-state index in [0.29, 0.717) is 6.54 Å². The summed E-state index contributed by atoms with van der Waals surface area (Å²) in [6, 6.07) is 1.87. The number of nitrogens with one attached hydrogen (secondary N) is 2. The Hall–Kier alpha value is -1.98. The molecule has 2 rings (SSSR count). The molecular weight excluding hydrogens is 180 g/mol. The maximum Gasteiger partial charge on any atom is 0.143 e. The van der Waals surface area contributed by atoms with E-state index in [1.807, 2.05) is 13.0 Å². The first-order valence-electron chi connectivity index (χ1n) is 4.21. The van der Waals surface area contributed by atoms with Crippen molar-refractivity contribution >= 4 is 5.82 Å². The molecule has 0 aromatic carbocycles. The van der Waals surface area contributed by atoms with Gasteiger partial charge in [0.05, 0.1) is 6.54 Å². The van der Waals surface area contributed by atoms with Crippen LogP contribution in [0.25, 0.3) is 0 Å². The van der Waals surface area contributed by atoms with Crippen molar-refractivity contribution in [2.45, 2.75) is 13.5 Å². The van der Waals surface area contributed by atoms with Crippen LogP contribution in [0.1, 0.15) is 11.5 Å². The van der Waals surface area contributed by atoms with E-state index in [9.17, 15) is 0 Å². The molecule has 0 aliphatic heterocycles. The van der Waals surface area contributed by atoms with Gasteiger partial charge in [-0.2, -0.15) is 5.10 Å². The lowest BCUT2D eigenvalue weighted by Gasteiger charge is -2.02. The summed E-state index contributed by atoms with van der Waals surface area (Å²) in [5, 5.41) is 9.60. The topological polar surface area (TPSA) is 79.4 Å². The molecule has 0 atom stereocenters. The zero-order valence-corrected chi connectivity index (χ0v) is 7.73. The summed E-state index contributed by atoms with van der Waals surface area (Å²) in [4.78, 5) is 12.0. The highest BCUT2D eigenvalue weighted by Crippen LogP contribution is 2.03. The van der Waals surface area contributed by atoms with E-state index in [4.69, 9.17) is 0 Å². The second kappa shape index (κ2) is 3.82. The van der Waals surface area contributed by atoms with Gasteiger partial charge in [0.15, 0.2) is 0 Å². The molecule has 0 spiro atoms. The molecule has 0 unspecified atom stereocenters. The van der Waals surface area contributed by atoms with E-state index < -0.39 is 0 Å². The molecule has 0 radical (unpaired) electrons. The van der Waals surface area contributed by atoms with Crippen LogP contribution in [0.2, 0.25) is 0 Å². The third-order valence-electron chi connectivity index (χ3n) is 1.71. The van der Waals surface area contributed by atoms with Crippen molar-refractivity contribution in [3.63, 3.8) is 0 Å². The number of aromatic amines is 1. The number of nitrogens with zero attached hydrogens (tertiary/aromatic N) is 4. The second-order valence-electron chi connectivity index (χ2n) is 2.83. The van der Waals surface area contributed by atoms with Crippen molar-refractivity contribution in [1.29, 1.82) is 0 Å². The van der Waals surface area contributed by atoms with Crippen LogP contribution in [-0.4, -0.2) is 25.1 Å². The molecule has 2 aromatic heterocycles. The molecule has 0 aliphatic carbocycles. The number of anilines is 1. The summed E-state index contributed by atoms with van der Waals surface area (Å²) < 4.78 is 0. The summed E-state index contributed by atoms with van der Waals surface area (Å²) in [5.74, 6) is 1.56. The van der Waals surface area contributed by atoms with Gasteiger partial charge >= 0.3 is 0 Å². The SMILES string of the molecule is Cc1cc(NCc2ncn[nH]2)ncn1. The van der Waals surface area contributed by atoms with Crippen molar-refractivity contribution < 1.29 is 0 Å². The van der Waals surface area contributed by atoms with Gasteiger partial charge in [-0.1, -0.05) is 0 Å². The van der Waals surface area contributed by atoms with Crippen LogP contribution in [0.5, 0.6) is 0 Å². The van der Waals surface area contributed by atoms with Crippen LogP contribution >= 0.6 is 0 Å². The summed E-state index contributed by atoms with van der Waals surface area (Å²) >= 11 is 0. The number of hydrogen-bond donors (Lipinski definition) is 2. The van der Waals surface area contributed by atoms with Gasteiger partial charge in [0, 0.05) is 11.8 Å². The molecule has 2 aromatic rings. The van der Waals surface area contributed by atoms with E-state index in [-0.39, 0.29) is 0 Å². The molecule has 6 heteroatoms. The number of aromatic nitrogens is 5. The Labute approximate surface area is 80.8 Å². The van der Waals surface area contributed by atoms with Gasteiger partial charge in [-0.25, -0.2) is 15.0 Å². The molecule has 0 aliphatic rings. The van der Waals surface area contributed by atoms with E-state index in [1.165, 1.54) is 12.7 Å². The molecule has 0 bridgehead atoms. The summed E-state index contributed by atoms with van der Waals surface area (Å²) in [7, 11) is 0. The van der Waals surface area contributed by atoms with Gasteiger partial charge in [0.1, 0.15) is 24.3 Å². The Balaban J connectivity index is 1.98. The minimum atomic E-state index is 0.580. The Kier molecular flexibility index (Phi) is 2.35. The molecule has 0 amide bonds. The van der Waals surface area contributed by atoms with Gasteiger partial charge in [-0.05, 0) is 6.92 Å². The van der Waals surface area contributed by atoms with Crippen LogP contribution < -0.4 is 5.32 Å². The number of rotatable bonds is 3. The van der Waals surface area contributed by atoms with Gasteiger partial charge in [-0.15, -0.1) is 0 Å². The van der Waals surface area contributed by atoms with Gasteiger partial charge < -0.3 is 5.32 Å². The molecule has 14 heavy (non-hydrogen) atoms. The van der Waals surface area contributed by atoms with Crippen molar-refractivity contribution in [2.24, 2.45) is 0 Å². The lowest BCUT2D eigenvalue weighted by atomic mass is 10.4. The lowest BCUT2D eigenvalue weighted by molar-refractivity contribution is 0.942. The van der Waals surface area contributed by atoms with Gasteiger partial charge in [-0.3, -0.25) is 5.10 Å². The zero-order chi connectivity index (χ0) is 9.80. The van der Waals surface area contributed by atoms with Crippen molar-refractivity contribution in [3.8, 4) is 0 Å². The molecule has 0 saturated carbocycles. The third-order valence-corrected chi connectivity index (χ3v) is 1.71. The van der Waals surface area contributed by atoms with Crippen LogP contribution in [0.4, 0.5) is 5.82 Å². The maximum absolute atomic E-state index is 4.05. The van der Waals surface area contributed by atoms with E-state index in [1.54, 1.807) is 0 Å². The lowest BCUT2D eigenvalue weighted by Crippen LogP contribution is -2.03. The molecular formula is C8H10N6.